The van der Waals surface area contributed by atoms with E-state index in [-0.39, 0.29) is 6.10 Å². The Labute approximate surface area is 88.3 Å². The van der Waals surface area contributed by atoms with E-state index < -0.39 is 5.60 Å². The van der Waals surface area contributed by atoms with Crippen molar-refractivity contribution in [1.82, 2.24) is 0 Å². The molecule has 0 aliphatic rings. The molecule has 0 heterocycles. The molecule has 86 valence electrons. The number of aliphatic hydroxyl groups is 2. The second-order valence-electron chi connectivity index (χ2n) is 5.58. The van der Waals surface area contributed by atoms with Crippen molar-refractivity contribution < 1.29 is 10.2 Å². The van der Waals surface area contributed by atoms with Crippen LogP contribution >= 0.6 is 0 Å². The van der Waals surface area contributed by atoms with Gasteiger partial charge in [-0.2, -0.15) is 0 Å². The number of aliphatic hydroxyl groups excluding tert-OH is 1. The number of rotatable bonds is 6. The maximum absolute atomic E-state index is 10.0. The molecule has 0 rings (SSSR count). The predicted molar refractivity (Wildman–Crippen MR) is 60.2 cm³/mol. The monoisotopic (exact) mass is 202 g/mol. The minimum Gasteiger partial charge on any atom is -0.393 e. The van der Waals surface area contributed by atoms with Gasteiger partial charge in [0, 0.05) is 6.42 Å². The lowest BCUT2D eigenvalue weighted by molar-refractivity contribution is -0.0158. The molecule has 2 nitrogen and oxygen atoms in total. The topological polar surface area (TPSA) is 40.5 Å². The fourth-order valence-electron chi connectivity index (χ4n) is 2.10. The molecule has 0 radical (unpaired) electrons. The summed E-state index contributed by atoms with van der Waals surface area (Å²) < 4.78 is 0. The fraction of sp³-hybridized carbons (Fsp3) is 1.00. The molecule has 0 aliphatic heterocycles. The Bertz CT molecular complexity index is 150. The summed E-state index contributed by atoms with van der Waals surface area (Å²) in [5.74, 6) is 0.955. The van der Waals surface area contributed by atoms with Crippen LogP contribution in [0.15, 0.2) is 0 Å². The fourth-order valence-corrected chi connectivity index (χ4v) is 2.10. The standard InChI is InChI=1S/C12H26O2/c1-9(2)6-11(13)8-12(5,14)7-10(3)4/h9-11,13-14H,6-8H2,1-5H3/t11-,12-/m0/s1. The average Bonchev–Trinajstić information content (AvgIpc) is 1.77. The van der Waals surface area contributed by atoms with Gasteiger partial charge in [-0.1, -0.05) is 27.7 Å². The van der Waals surface area contributed by atoms with Crippen molar-refractivity contribution in [3.63, 3.8) is 0 Å². The van der Waals surface area contributed by atoms with Gasteiger partial charge in [0.1, 0.15) is 0 Å². The van der Waals surface area contributed by atoms with Gasteiger partial charge in [-0.05, 0) is 31.6 Å². The highest BCUT2D eigenvalue weighted by molar-refractivity contribution is 4.78. The molecule has 14 heavy (non-hydrogen) atoms. The first-order chi connectivity index (χ1) is 6.23. The largest absolute Gasteiger partial charge is 0.393 e. The lowest BCUT2D eigenvalue weighted by Crippen LogP contribution is -2.32. The molecule has 2 N–H and O–H groups in total. The summed E-state index contributed by atoms with van der Waals surface area (Å²) in [6.07, 6.45) is 1.64. The van der Waals surface area contributed by atoms with Crippen LogP contribution in [0.4, 0.5) is 0 Å². The van der Waals surface area contributed by atoms with Gasteiger partial charge in [0.15, 0.2) is 0 Å². The van der Waals surface area contributed by atoms with E-state index in [4.69, 9.17) is 0 Å². The minimum atomic E-state index is -0.720. The first-order valence-electron chi connectivity index (χ1n) is 5.63. The lowest BCUT2D eigenvalue weighted by atomic mass is 9.87. The van der Waals surface area contributed by atoms with E-state index in [1.54, 1.807) is 0 Å². The van der Waals surface area contributed by atoms with Gasteiger partial charge in [0.05, 0.1) is 11.7 Å². The average molecular weight is 202 g/mol. The van der Waals surface area contributed by atoms with Gasteiger partial charge >= 0.3 is 0 Å². The van der Waals surface area contributed by atoms with Crippen LogP contribution in [0.1, 0.15) is 53.9 Å². The minimum absolute atomic E-state index is 0.372. The van der Waals surface area contributed by atoms with E-state index >= 15 is 0 Å². The molecule has 0 unspecified atom stereocenters. The van der Waals surface area contributed by atoms with Crippen LogP contribution in [0.2, 0.25) is 0 Å². The van der Waals surface area contributed by atoms with Gasteiger partial charge in [-0.3, -0.25) is 0 Å². The van der Waals surface area contributed by atoms with Crippen LogP contribution in [-0.4, -0.2) is 21.9 Å². The Morgan fingerprint density at radius 2 is 1.50 bits per heavy atom. The summed E-state index contributed by atoms with van der Waals surface area (Å²) in [5, 5.41) is 19.7. The first kappa shape index (κ1) is 13.9. The molecule has 0 amide bonds. The lowest BCUT2D eigenvalue weighted by Gasteiger charge is -2.28. The highest BCUT2D eigenvalue weighted by Crippen LogP contribution is 2.23. The molecule has 0 aromatic carbocycles. The van der Waals surface area contributed by atoms with Gasteiger partial charge in [0.2, 0.25) is 0 Å². The van der Waals surface area contributed by atoms with Crippen LogP contribution in [0.3, 0.4) is 0 Å². The highest BCUT2D eigenvalue weighted by atomic mass is 16.3. The van der Waals surface area contributed by atoms with Crippen LogP contribution in [0.25, 0.3) is 0 Å². The molecule has 2 atom stereocenters. The van der Waals surface area contributed by atoms with E-state index in [0.717, 1.165) is 12.8 Å². The molecule has 0 aromatic rings. The van der Waals surface area contributed by atoms with Crippen molar-refractivity contribution in [3.8, 4) is 0 Å². The smallest absolute Gasteiger partial charge is 0.0646 e. The Morgan fingerprint density at radius 3 is 1.86 bits per heavy atom. The summed E-state index contributed by atoms with van der Waals surface area (Å²) in [7, 11) is 0. The molecule has 0 fully saturated rings. The Morgan fingerprint density at radius 1 is 1.00 bits per heavy atom. The normalized spacial score (nSPS) is 18.6. The summed E-state index contributed by atoms with van der Waals surface area (Å²) in [4.78, 5) is 0. The van der Waals surface area contributed by atoms with Gasteiger partial charge < -0.3 is 10.2 Å². The molecule has 0 saturated heterocycles. The van der Waals surface area contributed by atoms with E-state index in [1.807, 2.05) is 6.92 Å². The van der Waals surface area contributed by atoms with Gasteiger partial charge in [0.25, 0.3) is 0 Å². The van der Waals surface area contributed by atoms with Crippen molar-refractivity contribution >= 4 is 0 Å². The predicted octanol–water partition coefficient (Wildman–Crippen LogP) is 2.58. The van der Waals surface area contributed by atoms with Crippen molar-refractivity contribution in [2.24, 2.45) is 11.8 Å². The molecule has 0 spiro atoms. The third kappa shape index (κ3) is 7.34. The van der Waals surface area contributed by atoms with Crippen LogP contribution < -0.4 is 0 Å². The number of hydrogen-bond acceptors (Lipinski definition) is 2. The van der Waals surface area contributed by atoms with Crippen LogP contribution in [0.5, 0.6) is 0 Å². The van der Waals surface area contributed by atoms with E-state index in [0.29, 0.717) is 18.3 Å². The Balaban J connectivity index is 3.94. The van der Waals surface area contributed by atoms with E-state index in [1.165, 1.54) is 0 Å². The van der Waals surface area contributed by atoms with Crippen LogP contribution in [0, 0.1) is 11.8 Å². The highest BCUT2D eigenvalue weighted by Gasteiger charge is 2.25. The molecule has 0 saturated carbocycles. The summed E-state index contributed by atoms with van der Waals surface area (Å²) >= 11 is 0. The van der Waals surface area contributed by atoms with Crippen molar-refractivity contribution in [2.75, 3.05) is 0 Å². The second-order valence-corrected chi connectivity index (χ2v) is 5.58. The second kappa shape index (κ2) is 5.72. The summed E-state index contributed by atoms with van der Waals surface area (Å²) in [6, 6.07) is 0. The Hall–Kier alpha value is -0.0800. The maximum atomic E-state index is 10.0. The zero-order valence-corrected chi connectivity index (χ0v) is 10.2. The van der Waals surface area contributed by atoms with Crippen LogP contribution in [-0.2, 0) is 0 Å². The quantitative estimate of drug-likeness (QED) is 0.695. The SMILES string of the molecule is CC(C)C[C@H](O)C[C@@](C)(O)CC(C)C. The van der Waals surface area contributed by atoms with Crippen molar-refractivity contribution in [1.29, 1.82) is 0 Å². The molecule has 0 bridgehead atoms. The Kier molecular flexibility index (Phi) is 5.68. The van der Waals surface area contributed by atoms with Crippen molar-refractivity contribution in [2.45, 2.75) is 65.6 Å². The summed E-state index contributed by atoms with van der Waals surface area (Å²) in [5.41, 5.74) is -0.720. The van der Waals surface area contributed by atoms with Gasteiger partial charge in [-0.15, -0.1) is 0 Å². The third-order valence-corrected chi connectivity index (χ3v) is 2.27. The molecule has 2 heteroatoms. The van der Waals surface area contributed by atoms with Crippen molar-refractivity contribution in [3.05, 3.63) is 0 Å². The third-order valence-electron chi connectivity index (χ3n) is 2.27. The zero-order chi connectivity index (χ0) is 11.4. The maximum Gasteiger partial charge on any atom is 0.0646 e. The van der Waals surface area contributed by atoms with Gasteiger partial charge in [-0.25, -0.2) is 0 Å². The van der Waals surface area contributed by atoms with E-state index in [9.17, 15) is 10.2 Å². The first-order valence-corrected chi connectivity index (χ1v) is 5.63. The zero-order valence-electron chi connectivity index (χ0n) is 10.2. The van der Waals surface area contributed by atoms with E-state index in [2.05, 4.69) is 27.7 Å². The molecule has 0 aliphatic carbocycles. The molecule has 0 aromatic heterocycles. The number of hydrogen-bond donors (Lipinski definition) is 2. The molecular weight excluding hydrogens is 176 g/mol. The summed E-state index contributed by atoms with van der Waals surface area (Å²) in [6.45, 7) is 10.2. The molecular formula is C12H26O2.